The van der Waals surface area contributed by atoms with Crippen LogP contribution in [0.2, 0.25) is 0 Å². The van der Waals surface area contributed by atoms with Crippen LogP contribution in [0.3, 0.4) is 0 Å². The van der Waals surface area contributed by atoms with Crippen molar-refractivity contribution in [3.8, 4) is 0 Å². The Morgan fingerprint density at radius 2 is 2.12 bits per heavy atom. The summed E-state index contributed by atoms with van der Waals surface area (Å²) in [4.78, 5) is 12.3. The molecular weight excluding hydrogens is 350 g/mol. The van der Waals surface area contributed by atoms with Gasteiger partial charge in [-0.2, -0.15) is 0 Å². The van der Waals surface area contributed by atoms with Crippen molar-refractivity contribution in [3.63, 3.8) is 0 Å². The van der Waals surface area contributed by atoms with E-state index < -0.39 is 10.0 Å². The van der Waals surface area contributed by atoms with Crippen LogP contribution in [0.15, 0.2) is 18.5 Å². The zero-order valence-corrected chi connectivity index (χ0v) is 15.8. The Hall–Kier alpha value is -1.93. The highest BCUT2D eigenvalue weighted by Crippen LogP contribution is 2.42. The van der Waals surface area contributed by atoms with E-state index in [2.05, 4.69) is 26.0 Å². The lowest BCUT2D eigenvalue weighted by Crippen LogP contribution is -2.35. The van der Waals surface area contributed by atoms with E-state index in [4.69, 9.17) is 4.98 Å². The highest BCUT2D eigenvalue weighted by molar-refractivity contribution is 7.90. The summed E-state index contributed by atoms with van der Waals surface area (Å²) in [7, 11) is -3.15. The number of rotatable bonds is 4. The molecule has 3 atom stereocenters. The molecule has 0 amide bonds. The summed E-state index contributed by atoms with van der Waals surface area (Å²) in [5.41, 5.74) is 4.90. The van der Waals surface area contributed by atoms with Gasteiger partial charge in [0.05, 0.1) is 22.7 Å². The number of imidazole rings is 1. The number of aryl methyl sites for hydroxylation is 1. The van der Waals surface area contributed by atoms with Crippen molar-refractivity contribution in [2.45, 2.75) is 56.7 Å². The third kappa shape index (κ3) is 2.46. The van der Waals surface area contributed by atoms with Crippen LogP contribution in [0.25, 0.3) is 16.8 Å². The second-order valence-corrected chi connectivity index (χ2v) is 9.85. The molecule has 2 saturated carbocycles. The number of fused-ring (bicyclic) bond motifs is 3. The van der Waals surface area contributed by atoms with Crippen LogP contribution in [0.5, 0.6) is 0 Å². The molecule has 26 heavy (non-hydrogen) atoms. The molecule has 7 nitrogen and oxygen atoms in total. The number of hydrogen-bond acceptors (Lipinski definition) is 4. The van der Waals surface area contributed by atoms with Crippen molar-refractivity contribution >= 4 is 26.8 Å². The molecule has 0 spiro atoms. The summed E-state index contributed by atoms with van der Waals surface area (Å²) < 4.78 is 29.8. The zero-order valence-electron chi connectivity index (χ0n) is 14.9. The summed E-state index contributed by atoms with van der Waals surface area (Å²) >= 11 is 0. The lowest BCUT2D eigenvalue weighted by Gasteiger charge is -2.17. The first kappa shape index (κ1) is 16.3. The second-order valence-electron chi connectivity index (χ2n) is 7.86. The Kier molecular flexibility index (Phi) is 3.46. The fourth-order valence-electron chi connectivity index (χ4n) is 4.53. The smallest absolute Gasteiger partial charge is 0.214 e. The van der Waals surface area contributed by atoms with Gasteiger partial charge in [0.25, 0.3) is 0 Å². The third-order valence-electron chi connectivity index (χ3n) is 5.90. The van der Waals surface area contributed by atoms with Gasteiger partial charge in [0.15, 0.2) is 11.3 Å². The van der Waals surface area contributed by atoms with Gasteiger partial charge in [-0.25, -0.2) is 23.1 Å². The maximum atomic E-state index is 12.3. The summed E-state index contributed by atoms with van der Waals surface area (Å²) in [5.74, 6) is 0.667. The topological polar surface area (TPSA) is 92.2 Å². The number of nitrogens with one attached hydrogen (secondary N) is 2. The Bertz CT molecular complexity index is 1100. The van der Waals surface area contributed by atoms with Crippen molar-refractivity contribution in [2.75, 3.05) is 0 Å². The predicted octanol–water partition coefficient (Wildman–Crippen LogP) is 2.48. The minimum atomic E-state index is -3.15. The number of H-pyrrole nitrogens is 1. The normalized spacial score (nSPS) is 26.9. The van der Waals surface area contributed by atoms with Gasteiger partial charge in [0.2, 0.25) is 10.0 Å². The van der Waals surface area contributed by atoms with Crippen LogP contribution in [-0.4, -0.2) is 39.1 Å². The minimum Gasteiger partial charge on any atom is -0.345 e. The number of aromatic nitrogens is 4. The Labute approximate surface area is 152 Å². The summed E-state index contributed by atoms with van der Waals surface area (Å²) in [6.07, 6.45) is 6.96. The van der Waals surface area contributed by atoms with Crippen molar-refractivity contribution in [1.29, 1.82) is 0 Å². The Balaban J connectivity index is 1.53. The molecule has 2 N–H and O–H groups in total. The molecule has 8 heteroatoms. The molecule has 3 heterocycles. The van der Waals surface area contributed by atoms with Crippen LogP contribution >= 0.6 is 0 Å². The molecule has 3 aromatic rings. The average Bonchev–Trinajstić information content (AvgIpc) is 3.12. The first-order chi connectivity index (χ1) is 12.4. The molecule has 2 aliphatic rings. The molecule has 138 valence electrons. The standard InChI is InChI=1S/C18H23N5O2S/c1-10-7-12(22-26(24,25)13-3-4-13)8-14(10)17-11(2)21-16-9-20-18-15(23(16)17)5-6-19-18/h5-6,9-10,12-14,19,22H,3-4,7-8H2,1-2H3/t10-,12+,14+/m0/s1. The minimum absolute atomic E-state index is 0.00843. The van der Waals surface area contributed by atoms with Crippen molar-refractivity contribution in [1.82, 2.24) is 24.1 Å². The molecule has 0 radical (unpaired) electrons. The summed E-state index contributed by atoms with van der Waals surface area (Å²) in [6.45, 7) is 4.25. The van der Waals surface area contributed by atoms with E-state index in [1.54, 1.807) is 6.20 Å². The van der Waals surface area contributed by atoms with E-state index in [1.165, 1.54) is 5.69 Å². The van der Waals surface area contributed by atoms with Crippen LogP contribution < -0.4 is 4.72 Å². The predicted molar refractivity (Wildman–Crippen MR) is 99.6 cm³/mol. The Morgan fingerprint density at radius 3 is 2.88 bits per heavy atom. The van der Waals surface area contributed by atoms with Crippen LogP contribution in [-0.2, 0) is 10.0 Å². The lowest BCUT2D eigenvalue weighted by atomic mass is 9.93. The van der Waals surface area contributed by atoms with Gasteiger partial charge in [-0.05, 0) is 44.6 Å². The first-order valence-electron chi connectivity index (χ1n) is 9.26. The number of sulfonamides is 1. The van der Waals surface area contributed by atoms with Gasteiger partial charge < -0.3 is 4.98 Å². The fourth-order valence-corrected chi connectivity index (χ4v) is 6.14. The van der Waals surface area contributed by atoms with E-state index in [9.17, 15) is 8.42 Å². The molecular formula is C18H23N5O2S. The van der Waals surface area contributed by atoms with Crippen molar-refractivity contribution < 1.29 is 8.42 Å². The largest absolute Gasteiger partial charge is 0.345 e. The van der Waals surface area contributed by atoms with Gasteiger partial charge in [0.1, 0.15) is 0 Å². The van der Waals surface area contributed by atoms with E-state index in [0.717, 1.165) is 48.2 Å². The zero-order chi connectivity index (χ0) is 18.1. The second kappa shape index (κ2) is 5.53. The molecule has 0 saturated heterocycles. The van der Waals surface area contributed by atoms with E-state index in [0.29, 0.717) is 5.92 Å². The van der Waals surface area contributed by atoms with Gasteiger partial charge >= 0.3 is 0 Å². The number of nitrogens with zero attached hydrogens (tertiary/aromatic N) is 3. The maximum absolute atomic E-state index is 12.3. The van der Waals surface area contributed by atoms with E-state index in [-0.39, 0.29) is 17.2 Å². The van der Waals surface area contributed by atoms with Crippen LogP contribution in [0.4, 0.5) is 0 Å². The molecule has 0 aliphatic heterocycles. The molecule has 3 aromatic heterocycles. The molecule has 0 unspecified atom stereocenters. The fraction of sp³-hybridized carbons (Fsp3) is 0.556. The maximum Gasteiger partial charge on any atom is 0.214 e. The lowest BCUT2D eigenvalue weighted by molar-refractivity contribution is 0.515. The van der Waals surface area contributed by atoms with Crippen LogP contribution in [0, 0.1) is 12.8 Å². The van der Waals surface area contributed by atoms with Gasteiger partial charge in [0, 0.05) is 23.9 Å². The van der Waals surface area contributed by atoms with Gasteiger partial charge in [-0.15, -0.1) is 0 Å². The van der Waals surface area contributed by atoms with Gasteiger partial charge in [-0.3, -0.25) is 4.40 Å². The Morgan fingerprint density at radius 1 is 1.31 bits per heavy atom. The van der Waals surface area contributed by atoms with E-state index >= 15 is 0 Å². The van der Waals surface area contributed by atoms with Crippen molar-refractivity contribution in [2.24, 2.45) is 5.92 Å². The average molecular weight is 373 g/mol. The van der Waals surface area contributed by atoms with Crippen molar-refractivity contribution in [3.05, 3.63) is 29.8 Å². The molecule has 2 aliphatic carbocycles. The summed E-state index contributed by atoms with van der Waals surface area (Å²) in [6, 6.07) is 2.03. The number of hydrogen-bond donors (Lipinski definition) is 2. The third-order valence-corrected chi connectivity index (χ3v) is 7.91. The molecule has 0 bridgehead atoms. The monoisotopic (exact) mass is 373 g/mol. The SMILES string of the molecule is Cc1nc2cnc3[nH]ccc3n2c1[C@@H]1C[C@H](NS(=O)(=O)C2CC2)C[C@@H]1C. The van der Waals surface area contributed by atoms with Crippen LogP contribution in [0.1, 0.15) is 49.9 Å². The van der Waals surface area contributed by atoms with Gasteiger partial charge in [-0.1, -0.05) is 6.92 Å². The molecule has 0 aromatic carbocycles. The highest BCUT2D eigenvalue weighted by Gasteiger charge is 2.41. The summed E-state index contributed by atoms with van der Waals surface area (Å²) in [5, 5.41) is -0.167. The molecule has 2 fully saturated rings. The highest BCUT2D eigenvalue weighted by atomic mass is 32.2. The quantitative estimate of drug-likeness (QED) is 0.735. The molecule has 5 rings (SSSR count). The van der Waals surface area contributed by atoms with E-state index in [1.807, 2.05) is 19.2 Å². The first-order valence-corrected chi connectivity index (χ1v) is 10.8. The number of aromatic amines is 1.